The number of aliphatic carboxylic acids is 1. The third-order valence-corrected chi connectivity index (χ3v) is 7.78. The number of halogens is 1. The lowest BCUT2D eigenvalue weighted by molar-refractivity contribution is -0.153. The minimum atomic E-state index is -1.74. The van der Waals surface area contributed by atoms with Crippen molar-refractivity contribution in [3.63, 3.8) is 0 Å². The fourth-order valence-electron chi connectivity index (χ4n) is 6.32. The van der Waals surface area contributed by atoms with E-state index in [1.165, 1.54) is 0 Å². The zero-order chi connectivity index (χ0) is 25.5. The van der Waals surface area contributed by atoms with Gasteiger partial charge in [-0.15, -0.1) is 0 Å². The van der Waals surface area contributed by atoms with Crippen molar-refractivity contribution in [1.29, 1.82) is 0 Å². The average molecular weight is 501 g/mol. The normalized spacial score (nSPS) is 29.2. The Hall–Kier alpha value is -3.74. The van der Waals surface area contributed by atoms with Gasteiger partial charge in [-0.2, -0.15) is 0 Å². The van der Waals surface area contributed by atoms with Gasteiger partial charge in [-0.25, -0.2) is 9.18 Å². The molecular formula is C23H24FN5O7. The summed E-state index contributed by atoms with van der Waals surface area (Å²) >= 11 is 0. The molecule has 36 heavy (non-hydrogen) atoms. The molecular weight excluding hydrogens is 477 g/mol. The van der Waals surface area contributed by atoms with Crippen LogP contribution in [0.1, 0.15) is 25.8 Å². The number of urea groups is 1. The number of rotatable bonds is 2. The van der Waals surface area contributed by atoms with Crippen LogP contribution in [0.3, 0.4) is 0 Å². The van der Waals surface area contributed by atoms with E-state index >= 15 is 4.39 Å². The van der Waals surface area contributed by atoms with Gasteiger partial charge >= 0.3 is 12.0 Å². The zero-order valence-electron chi connectivity index (χ0n) is 19.5. The van der Waals surface area contributed by atoms with Crippen molar-refractivity contribution in [2.24, 2.45) is 11.3 Å². The van der Waals surface area contributed by atoms with E-state index in [0.29, 0.717) is 29.7 Å². The second-order valence-electron chi connectivity index (χ2n) is 9.99. The van der Waals surface area contributed by atoms with Crippen LogP contribution < -0.4 is 20.4 Å². The predicted octanol–water partition coefficient (Wildman–Crippen LogP) is 0.769. The molecule has 0 saturated carbocycles. The van der Waals surface area contributed by atoms with Gasteiger partial charge in [-0.3, -0.25) is 25.0 Å². The molecule has 1 aromatic carbocycles. The molecule has 0 radical (unpaired) electrons. The van der Waals surface area contributed by atoms with E-state index in [2.05, 4.69) is 15.8 Å². The maximum atomic E-state index is 16.1. The molecule has 2 aromatic rings. The van der Waals surface area contributed by atoms with Crippen LogP contribution in [-0.4, -0.2) is 72.0 Å². The van der Waals surface area contributed by atoms with E-state index in [4.69, 9.17) is 9.26 Å². The molecule has 190 valence electrons. The molecule has 4 aliphatic heterocycles. The van der Waals surface area contributed by atoms with Gasteiger partial charge < -0.3 is 24.2 Å². The zero-order valence-corrected chi connectivity index (χ0v) is 19.5. The highest BCUT2D eigenvalue weighted by atomic mass is 19.1. The number of hydrogen-bond donors (Lipinski definition) is 3. The Morgan fingerprint density at radius 2 is 1.94 bits per heavy atom. The maximum absolute atomic E-state index is 16.1. The van der Waals surface area contributed by atoms with Crippen molar-refractivity contribution in [2.45, 2.75) is 44.9 Å². The molecule has 1 spiro atoms. The molecule has 4 amide bonds. The van der Waals surface area contributed by atoms with Crippen LogP contribution >= 0.6 is 0 Å². The number of imide groups is 2. The predicted molar refractivity (Wildman–Crippen MR) is 121 cm³/mol. The van der Waals surface area contributed by atoms with Crippen molar-refractivity contribution in [2.75, 3.05) is 29.4 Å². The number of nitrogens with zero attached hydrogens (tertiary/aromatic N) is 3. The quantitative estimate of drug-likeness (QED) is 0.503. The van der Waals surface area contributed by atoms with E-state index in [0.717, 1.165) is 0 Å². The second kappa shape index (κ2) is 7.63. The summed E-state index contributed by atoms with van der Waals surface area (Å²) in [5.41, 5.74) is -1.24. The topological polar surface area (TPSA) is 154 Å². The number of benzene rings is 1. The second-order valence-corrected chi connectivity index (χ2v) is 9.99. The fraction of sp³-hybridized carbons (Fsp3) is 0.522. The molecule has 0 aliphatic carbocycles. The summed E-state index contributed by atoms with van der Waals surface area (Å²) in [5.74, 6) is -3.39. The number of nitrogens with one attached hydrogen (secondary N) is 2. The average Bonchev–Trinajstić information content (AvgIpc) is 3.44. The van der Waals surface area contributed by atoms with Crippen molar-refractivity contribution in [3.05, 3.63) is 17.4 Å². The molecule has 3 N–H and O–H groups in total. The largest absolute Gasteiger partial charge is 0.481 e. The molecule has 0 bridgehead atoms. The first-order valence-corrected chi connectivity index (χ1v) is 11.8. The first-order valence-electron chi connectivity index (χ1n) is 11.8. The van der Waals surface area contributed by atoms with Crippen molar-refractivity contribution < 1.29 is 37.9 Å². The van der Waals surface area contributed by atoms with Gasteiger partial charge in [0.15, 0.2) is 17.1 Å². The number of amides is 4. The van der Waals surface area contributed by atoms with Gasteiger partial charge in [0.2, 0.25) is 17.4 Å². The Morgan fingerprint density at radius 3 is 2.61 bits per heavy atom. The lowest BCUT2D eigenvalue weighted by atomic mass is 9.66. The molecule has 6 rings (SSSR count). The van der Waals surface area contributed by atoms with E-state index < -0.39 is 53.1 Å². The van der Waals surface area contributed by atoms with Crippen LogP contribution in [0.4, 0.5) is 20.7 Å². The SMILES string of the molecule is C[C@@H]1CN2c3c(cc4c(N5CC[C@H](C(=O)O)C5)noc4c3F)CC3(C(=O)NC(=O)NC3=O)[C@H]2[C@H](C)O1. The number of aromatic nitrogens is 1. The summed E-state index contributed by atoms with van der Waals surface area (Å²) in [7, 11) is 0. The van der Waals surface area contributed by atoms with Crippen LogP contribution in [0.2, 0.25) is 0 Å². The molecule has 13 heteroatoms. The van der Waals surface area contributed by atoms with Gasteiger partial charge in [0.25, 0.3) is 0 Å². The lowest BCUT2D eigenvalue weighted by Gasteiger charge is -2.55. The van der Waals surface area contributed by atoms with Crippen molar-refractivity contribution >= 4 is 46.3 Å². The van der Waals surface area contributed by atoms with Gasteiger partial charge in [-0.05, 0) is 31.9 Å². The number of barbiturate groups is 1. The molecule has 0 unspecified atom stereocenters. The fourth-order valence-corrected chi connectivity index (χ4v) is 6.32. The summed E-state index contributed by atoms with van der Waals surface area (Å²) in [5, 5.41) is 18.1. The Kier molecular flexibility index (Phi) is 4.81. The number of ether oxygens (including phenoxy) is 1. The number of morpholine rings is 1. The number of anilines is 2. The van der Waals surface area contributed by atoms with Crippen LogP contribution in [0.25, 0.3) is 11.0 Å². The third-order valence-electron chi connectivity index (χ3n) is 7.78. The van der Waals surface area contributed by atoms with Crippen LogP contribution in [0.15, 0.2) is 10.6 Å². The van der Waals surface area contributed by atoms with E-state index in [1.807, 2.05) is 6.92 Å². The van der Waals surface area contributed by atoms with E-state index in [9.17, 15) is 24.3 Å². The van der Waals surface area contributed by atoms with E-state index in [-0.39, 0.29) is 36.9 Å². The van der Waals surface area contributed by atoms with Gasteiger partial charge in [0.1, 0.15) is 0 Å². The monoisotopic (exact) mass is 501 g/mol. The number of carbonyl (C=O) groups is 4. The molecule has 12 nitrogen and oxygen atoms in total. The van der Waals surface area contributed by atoms with Crippen LogP contribution in [0.5, 0.6) is 0 Å². The number of carbonyl (C=O) groups excluding carboxylic acids is 3. The maximum Gasteiger partial charge on any atom is 0.328 e. The van der Waals surface area contributed by atoms with Gasteiger partial charge in [-0.1, -0.05) is 5.16 Å². The first-order chi connectivity index (χ1) is 17.1. The lowest BCUT2D eigenvalue weighted by Crippen LogP contribution is -2.75. The van der Waals surface area contributed by atoms with Crippen LogP contribution in [0, 0.1) is 17.2 Å². The molecule has 3 fully saturated rings. The summed E-state index contributed by atoms with van der Waals surface area (Å²) in [4.78, 5) is 53.3. The highest BCUT2D eigenvalue weighted by Gasteiger charge is 2.63. The smallest absolute Gasteiger partial charge is 0.328 e. The van der Waals surface area contributed by atoms with Crippen molar-refractivity contribution in [3.8, 4) is 0 Å². The Morgan fingerprint density at radius 1 is 1.22 bits per heavy atom. The minimum absolute atomic E-state index is 0.0863. The Bertz CT molecular complexity index is 1320. The number of carboxylic acid groups (broad SMARTS) is 1. The Labute approximate surface area is 203 Å². The third kappa shape index (κ3) is 2.98. The minimum Gasteiger partial charge on any atom is -0.481 e. The number of carboxylic acids is 1. The molecule has 3 saturated heterocycles. The molecule has 4 aliphatic rings. The highest BCUT2D eigenvalue weighted by Crippen LogP contribution is 2.49. The van der Waals surface area contributed by atoms with E-state index in [1.54, 1.807) is 22.8 Å². The molecule has 4 atom stereocenters. The summed E-state index contributed by atoms with van der Waals surface area (Å²) < 4.78 is 27.5. The van der Waals surface area contributed by atoms with Gasteiger partial charge in [0.05, 0.1) is 35.2 Å². The highest BCUT2D eigenvalue weighted by molar-refractivity contribution is 6.20. The van der Waals surface area contributed by atoms with Crippen LogP contribution in [-0.2, 0) is 25.5 Å². The number of fused-ring (bicyclic) bond motifs is 5. The summed E-state index contributed by atoms with van der Waals surface area (Å²) in [6.45, 7) is 4.34. The Balaban J connectivity index is 1.52. The standard InChI is InChI=1S/C23H24FN5O7/c1-9-7-29-15-12(6-23(17(29)10(2)35-9)20(32)25-22(34)26-21(23)33)5-13-16(14(15)24)36-27-18(13)28-4-3-11(8-28)19(30)31/h5,9-11,17H,3-4,6-8H2,1-2H3,(H,30,31)(H2,25,26,32,33,34)/t9-,10+,11+,17-/m1/s1. The van der Waals surface area contributed by atoms with Gasteiger partial charge in [0, 0.05) is 26.1 Å². The summed E-state index contributed by atoms with van der Waals surface area (Å²) in [6, 6.07) is -0.137. The molecule has 5 heterocycles. The first kappa shape index (κ1) is 22.7. The van der Waals surface area contributed by atoms with Crippen molar-refractivity contribution in [1.82, 2.24) is 15.8 Å². The summed E-state index contributed by atoms with van der Waals surface area (Å²) in [6.07, 6.45) is -0.718. The number of hydrogen-bond acceptors (Lipinski definition) is 9. The molecule has 1 aromatic heterocycles.